The van der Waals surface area contributed by atoms with Crippen molar-refractivity contribution in [2.75, 3.05) is 61.8 Å². The monoisotopic (exact) mass is 644 g/mol. The molecule has 3 aliphatic rings. The molecule has 2 amide bonds. The number of carbonyl (C=O) groups excluding carboxylic acids is 2. The van der Waals surface area contributed by atoms with Crippen LogP contribution in [0.25, 0.3) is 0 Å². The van der Waals surface area contributed by atoms with E-state index in [4.69, 9.17) is 20.2 Å². The Morgan fingerprint density at radius 3 is 2.17 bits per heavy atom. The Hall–Kier alpha value is -3.02. The standard InChI is InChI=1S/C34H60N8O4/c1-33(2,3)45-31(43)41(19-10-20-42(27-11-8-7-9-12-27)32(44)46-34(4,5)6)24-25-13-15-26(16-14-25)37-30-38-28(35)23-29(39-30)40-21-17-36-18-22-40/h23,25-27,36H,7-22,24H2,1-6H3,(H3,35,37,38,39)/t25-,26-. The summed E-state index contributed by atoms with van der Waals surface area (Å²) in [5, 5.41) is 6.91. The van der Waals surface area contributed by atoms with Gasteiger partial charge in [0.15, 0.2) is 0 Å². The molecule has 2 aliphatic carbocycles. The number of aromatic nitrogens is 2. The van der Waals surface area contributed by atoms with E-state index in [2.05, 4.69) is 20.5 Å². The molecule has 3 fully saturated rings. The fraction of sp³-hybridized carbons (Fsp3) is 0.824. The summed E-state index contributed by atoms with van der Waals surface area (Å²) in [7, 11) is 0. The van der Waals surface area contributed by atoms with Crippen LogP contribution in [0.15, 0.2) is 6.07 Å². The lowest BCUT2D eigenvalue weighted by Gasteiger charge is -2.37. The molecule has 0 spiro atoms. The van der Waals surface area contributed by atoms with Crippen LogP contribution >= 0.6 is 0 Å². The summed E-state index contributed by atoms with van der Waals surface area (Å²) in [5.74, 6) is 2.29. The average Bonchev–Trinajstić information content (AvgIpc) is 2.98. The molecule has 2 heterocycles. The highest BCUT2D eigenvalue weighted by molar-refractivity contribution is 5.69. The third kappa shape index (κ3) is 11.7. The Morgan fingerprint density at radius 1 is 0.913 bits per heavy atom. The number of hydrogen-bond acceptors (Lipinski definition) is 10. The molecule has 4 N–H and O–H groups in total. The van der Waals surface area contributed by atoms with Gasteiger partial charge in [-0.25, -0.2) is 9.59 Å². The number of anilines is 3. The van der Waals surface area contributed by atoms with Gasteiger partial charge in [0, 0.05) is 64.0 Å². The van der Waals surface area contributed by atoms with E-state index in [1.165, 1.54) is 6.42 Å². The van der Waals surface area contributed by atoms with Crippen molar-refractivity contribution >= 4 is 29.8 Å². The number of nitrogens with one attached hydrogen (secondary N) is 2. The molecular weight excluding hydrogens is 584 g/mol. The van der Waals surface area contributed by atoms with E-state index in [0.717, 1.165) is 83.4 Å². The number of nitrogens with zero attached hydrogens (tertiary/aromatic N) is 5. The number of amides is 2. The topological polar surface area (TPSA) is 138 Å². The molecule has 4 rings (SSSR count). The Kier molecular flexibility index (Phi) is 12.6. The van der Waals surface area contributed by atoms with Gasteiger partial charge >= 0.3 is 12.2 Å². The lowest BCUT2D eigenvalue weighted by Crippen LogP contribution is -2.46. The van der Waals surface area contributed by atoms with Crippen LogP contribution in [0.2, 0.25) is 0 Å². The largest absolute Gasteiger partial charge is 0.444 e. The summed E-state index contributed by atoms with van der Waals surface area (Å²) in [5.41, 5.74) is 5.02. The van der Waals surface area contributed by atoms with Gasteiger partial charge in [-0.1, -0.05) is 19.3 Å². The predicted molar refractivity (Wildman–Crippen MR) is 183 cm³/mol. The molecule has 12 heteroatoms. The van der Waals surface area contributed by atoms with Gasteiger partial charge in [-0.05, 0) is 92.4 Å². The van der Waals surface area contributed by atoms with Crippen LogP contribution in [0.1, 0.15) is 106 Å². The number of nitrogens with two attached hydrogens (primary N) is 1. The summed E-state index contributed by atoms with van der Waals surface area (Å²) in [6.45, 7) is 16.8. The molecule has 46 heavy (non-hydrogen) atoms. The van der Waals surface area contributed by atoms with Crippen molar-refractivity contribution in [2.45, 2.75) is 129 Å². The predicted octanol–water partition coefficient (Wildman–Crippen LogP) is 5.64. The quantitative estimate of drug-likeness (QED) is 0.294. The first-order valence-electron chi connectivity index (χ1n) is 17.6. The number of rotatable bonds is 10. The first kappa shape index (κ1) is 35.8. The highest BCUT2D eigenvalue weighted by atomic mass is 16.6. The lowest BCUT2D eigenvalue weighted by molar-refractivity contribution is 0.00914. The second-order valence-electron chi connectivity index (χ2n) is 15.3. The molecule has 0 aromatic carbocycles. The van der Waals surface area contributed by atoms with Gasteiger partial charge in [0.25, 0.3) is 0 Å². The van der Waals surface area contributed by atoms with Crippen molar-refractivity contribution in [3.63, 3.8) is 0 Å². The lowest BCUT2D eigenvalue weighted by atomic mass is 9.85. The van der Waals surface area contributed by atoms with E-state index in [0.29, 0.717) is 43.7 Å². The molecule has 0 unspecified atom stereocenters. The molecule has 1 aromatic heterocycles. The van der Waals surface area contributed by atoms with E-state index in [1.807, 2.05) is 57.4 Å². The van der Waals surface area contributed by atoms with Gasteiger partial charge in [-0.3, -0.25) is 0 Å². The highest BCUT2D eigenvalue weighted by Crippen LogP contribution is 2.29. The Balaban J connectivity index is 1.33. The summed E-state index contributed by atoms with van der Waals surface area (Å²) in [6.07, 6.45) is 9.51. The van der Waals surface area contributed by atoms with Gasteiger partial charge in [-0.15, -0.1) is 0 Å². The number of piperazine rings is 1. The first-order valence-corrected chi connectivity index (χ1v) is 17.6. The molecule has 0 bridgehead atoms. The van der Waals surface area contributed by atoms with Crippen molar-refractivity contribution in [3.05, 3.63) is 6.07 Å². The summed E-state index contributed by atoms with van der Waals surface area (Å²) in [6, 6.07) is 2.29. The van der Waals surface area contributed by atoms with E-state index in [9.17, 15) is 9.59 Å². The Morgan fingerprint density at radius 2 is 1.54 bits per heavy atom. The fourth-order valence-electron chi connectivity index (χ4n) is 6.71. The van der Waals surface area contributed by atoms with Crippen molar-refractivity contribution in [1.29, 1.82) is 0 Å². The van der Waals surface area contributed by atoms with Crippen LogP contribution in [0.5, 0.6) is 0 Å². The summed E-state index contributed by atoms with van der Waals surface area (Å²) in [4.78, 5) is 41.9. The smallest absolute Gasteiger partial charge is 0.410 e. The summed E-state index contributed by atoms with van der Waals surface area (Å²) < 4.78 is 11.6. The molecule has 1 aliphatic heterocycles. The zero-order valence-electron chi connectivity index (χ0n) is 29.3. The second-order valence-corrected chi connectivity index (χ2v) is 15.3. The van der Waals surface area contributed by atoms with Gasteiger partial charge in [0.05, 0.1) is 0 Å². The maximum absolute atomic E-state index is 13.4. The van der Waals surface area contributed by atoms with Crippen molar-refractivity contribution in [3.8, 4) is 0 Å². The van der Waals surface area contributed by atoms with E-state index < -0.39 is 11.2 Å². The first-order chi connectivity index (χ1) is 21.8. The van der Waals surface area contributed by atoms with Crippen LogP contribution in [0.3, 0.4) is 0 Å². The molecule has 0 atom stereocenters. The molecule has 0 radical (unpaired) electrons. The zero-order chi connectivity index (χ0) is 33.3. The van der Waals surface area contributed by atoms with Gasteiger partial charge in [-0.2, -0.15) is 9.97 Å². The third-order valence-electron chi connectivity index (χ3n) is 8.95. The second kappa shape index (κ2) is 16.2. The average molecular weight is 645 g/mol. The van der Waals surface area contributed by atoms with Crippen LogP contribution in [0.4, 0.5) is 27.2 Å². The Labute approximate surface area is 276 Å². The molecule has 260 valence electrons. The van der Waals surface area contributed by atoms with E-state index in [-0.39, 0.29) is 24.3 Å². The maximum atomic E-state index is 13.4. The highest BCUT2D eigenvalue weighted by Gasteiger charge is 2.31. The number of hydrogen-bond donors (Lipinski definition) is 3. The van der Waals surface area contributed by atoms with E-state index in [1.54, 1.807) is 0 Å². The normalized spacial score (nSPS) is 21.4. The SMILES string of the molecule is CC(C)(C)OC(=O)N(CCCN(C(=O)OC(C)(C)C)C1CCCCC1)C[C@H]1CC[C@H](Nc2nc(N)cc(N3CCNCC3)n2)CC1. The molecular formula is C34H60N8O4. The molecule has 12 nitrogen and oxygen atoms in total. The zero-order valence-corrected chi connectivity index (χ0v) is 29.3. The van der Waals surface area contributed by atoms with Crippen LogP contribution in [-0.4, -0.2) is 101 Å². The van der Waals surface area contributed by atoms with Crippen molar-refractivity contribution in [1.82, 2.24) is 25.1 Å². The fourth-order valence-corrected chi connectivity index (χ4v) is 6.71. The van der Waals surface area contributed by atoms with Gasteiger partial charge in [0.1, 0.15) is 22.8 Å². The Bertz CT molecular complexity index is 1120. The number of nitrogen functional groups attached to an aromatic ring is 1. The van der Waals surface area contributed by atoms with Crippen molar-refractivity contribution < 1.29 is 19.1 Å². The van der Waals surface area contributed by atoms with Crippen LogP contribution in [0, 0.1) is 5.92 Å². The molecule has 1 saturated heterocycles. The van der Waals surface area contributed by atoms with Crippen LogP contribution in [-0.2, 0) is 9.47 Å². The van der Waals surface area contributed by atoms with Crippen molar-refractivity contribution in [2.24, 2.45) is 5.92 Å². The maximum Gasteiger partial charge on any atom is 0.410 e. The number of carbonyl (C=O) groups is 2. The summed E-state index contributed by atoms with van der Waals surface area (Å²) >= 11 is 0. The van der Waals surface area contributed by atoms with Gasteiger partial charge in [0.2, 0.25) is 5.95 Å². The molecule has 1 aromatic rings. The van der Waals surface area contributed by atoms with Gasteiger partial charge < -0.3 is 40.5 Å². The number of ether oxygens (including phenoxy) is 2. The minimum Gasteiger partial charge on any atom is -0.444 e. The minimum absolute atomic E-state index is 0.193. The van der Waals surface area contributed by atoms with E-state index >= 15 is 0 Å². The van der Waals surface area contributed by atoms with Crippen LogP contribution < -0.4 is 21.3 Å². The minimum atomic E-state index is -0.581. The molecule has 2 saturated carbocycles. The third-order valence-corrected chi connectivity index (χ3v) is 8.95.